The molecule has 0 saturated heterocycles. The van der Waals surface area contributed by atoms with Crippen molar-refractivity contribution in [3.63, 3.8) is 0 Å². The van der Waals surface area contributed by atoms with E-state index in [2.05, 4.69) is 20.9 Å². The van der Waals surface area contributed by atoms with E-state index in [9.17, 15) is 4.79 Å². The first kappa shape index (κ1) is 15.5. The molecule has 3 rings (SSSR count). The SMILES string of the molecule is COc1ccc(C2=N/C(=C\c3ccc(C)cc3)C(=O)O2)c(Br)c1. The lowest BCUT2D eigenvalue weighted by atomic mass is 10.1. The predicted molar refractivity (Wildman–Crippen MR) is 92.5 cm³/mol. The van der Waals surface area contributed by atoms with Gasteiger partial charge in [-0.2, -0.15) is 0 Å². The van der Waals surface area contributed by atoms with Crippen molar-refractivity contribution >= 4 is 33.9 Å². The number of aliphatic imine (C=N–C) groups is 1. The third-order valence-electron chi connectivity index (χ3n) is 3.41. The molecule has 0 radical (unpaired) electrons. The monoisotopic (exact) mass is 371 g/mol. The number of methoxy groups -OCH3 is 1. The summed E-state index contributed by atoms with van der Waals surface area (Å²) in [4.78, 5) is 16.3. The first-order chi connectivity index (χ1) is 11.1. The maximum atomic E-state index is 12.0. The number of esters is 1. The molecule has 4 nitrogen and oxygen atoms in total. The molecule has 0 N–H and O–H groups in total. The number of cyclic esters (lactones) is 1. The van der Waals surface area contributed by atoms with E-state index in [-0.39, 0.29) is 11.6 Å². The number of ether oxygens (including phenoxy) is 2. The summed E-state index contributed by atoms with van der Waals surface area (Å²) in [5.41, 5.74) is 3.05. The van der Waals surface area contributed by atoms with E-state index < -0.39 is 5.97 Å². The van der Waals surface area contributed by atoms with Crippen molar-refractivity contribution in [1.29, 1.82) is 0 Å². The molecular formula is C18H14BrNO3. The normalized spacial score (nSPS) is 15.5. The highest BCUT2D eigenvalue weighted by molar-refractivity contribution is 9.10. The van der Waals surface area contributed by atoms with Crippen molar-refractivity contribution in [2.24, 2.45) is 4.99 Å². The molecule has 1 aliphatic rings. The minimum atomic E-state index is -0.455. The molecule has 2 aromatic carbocycles. The molecule has 1 aliphatic heterocycles. The Morgan fingerprint density at radius 2 is 1.91 bits per heavy atom. The summed E-state index contributed by atoms with van der Waals surface area (Å²) in [5, 5.41) is 0. The van der Waals surface area contributed by atoms with Gasteiger partial charge in [0.05, 0.1) is 12.7 Å². The van der Waals surface area contributed by atoms with Gasteiger partial charge >= 0.3 is 5.97 Å². The van der Waals surface area contributed by atoms with Gasteiger partial charge in [0, 0.05) is 4.47 Å². The van der Waals surface area contributed by atoms with Crippen LogP contribution >= 0.6 is 15.9 Å². The summed E-state index contributed by atoms with van der Waals surface area (Å²) in [5.74, 6) is 0.534. The summed E-state index contributed by atoms with van der Waals surface area (Å²) < 4.78 is 11.2. The molecule has 0 aliphatic carbocycles. The number of hydrogen-bond donors (Lipinski definition) is 0. The van der Waals surface area contributed by atoms with E-state index in [1.54, 1.807) is 31.4 Å². The minimum Gasteiger partial charge on any atom is -0.497 e. The Balaban J connectivity index is 1.93. The Kier molecular flexibility index (Phi) is 4.30. The number of benzene rings is 2. The van der Waals surface area contributed by atoms with E-state index in [1.165, 1.54) is 0 Å². The summed E-state index contributed by atoms with van der Waals surface area (Å²) in [6, 6.07) is 13.2. The number of aryl methyl sites for hydroxylation is 1. The Hall–Kier alpha value is -2.40. The van der Waals surface area contributed by atoms with Crippen LogP contribution in [-0.4, -0.2) is 19.0 Å². The highest BCUT2D eigenvalue weighted by Gasteiger charge is 2.25. The first-order valence-corrected chi connectivity index (χ1v) is 7.79. The molecule has 116 valence electrons. The molecule has 0 unspecified atom stereocenters. The smallest absolute Gasteiger partial charge is 0.363 e. The van der Waals surface area contributed by atoms with Gasteiger partial charge in [-0.25, -0.2) is 9.79 Å². The summed E-state index contributed by atoms with van der Waals surface area (Å²) >= 11 is 3.44. The number of halogens is 1. The molecule has 23 heavy (non-hydrogen) atoms. The van der Waals surface area contributed by atoms with Crippen LogP contribution in [0.4, 0.5) is 0 Å². The van der Waals surface area contributed by atoms with Crippen LogP contribution in [0.5, 0.6) is 5.75 Å². The van der Waals surface area contributed by atoms with Crippen LogP contribution in [0.2, 0.25) is 0 Å². The Labute approximate surface area is 142 Å². The molecule has 1 heterocycles. The molecule has 0 aromatic heterocycles. The van der Waals surface area contributed by atoms with Crippen molar-refractivity contribution in [2.45, 2.75) is 6.92 Å². The average molecular weight is 372 g/mol. The zero-order chi connectivity index (χ0) is 16.4. The number of carbonyl (C=O) groups excluding carboxylic acids is 1. The van der Waals surface area contributed by atoms with Crippen LogP contribution in [0, 0.1) is 6.92 Å². The second kappa shape index (κ2) is 6.38. The topological polar surface area (TPSA) is 47.9 Å². The quantitative estimate of drug-likeness (QED) is 0.602. The van der Waals surface area contributed by atoms with Gasteiger partial charge in [0.25, 0.3) is 0 Å². The highest BCUT2D eigenvalue weighted by Crippen LogP contribution is 2.27. The third-order valence-corrected chi connectivity index (χ3v) is 4.06. The molecule has 0 fully saturated rings. The number of nitrogens with zero attached hydrogens (tertiary/aromatic N) is 1. The van der Waals surface area contributed by atoms with Crippen molar-refractivity contribution in [3.8, 4) is 5.75 Å². The number of carbonyl (C=O) groups is 1. The fourth-order valence-electron chi connectivity index (χ4n) is 2.14. The van der Waals surface area contributed by atoms with Crippen molar-refractivity contribution in [1.82, 2.24) is 0 Å². The second-order valence-electron chi connectivity index (χ2n) is 5.09. The van der Waals surface area contributed by atoms with Gasteiger partial charge in [-0.15, -0.1) is 0 Å². The van der Waals surface area contributed by atoms with E-state index in [0.29, 0.717) is 11.3 Å². The van der Waals surface area contributed by atoms with Crippen LogP contribution in [-0.2, 0) is 9.53 Å². The summed E-state index contributed by atoms with van der Waals surface area (Å²) in [7, 11) is 1.59. The van der Waals surface area contributed by atoms with Crippen LogP contribution in [0.25, 0.3) is 6.08 Å². The van der Waals surface area contributed by atoms with Gasteiger partial charge in [0.1, 0.15) is 5.75 Å². The molecule has 0 bridgehead atoms. The number of rotatable bonds is 3. The molecule has 5 heteroatoms. The Bertz CT molecular complexity index is 823. The van der Waals surface area contributed by atoms with Crippen LogP contribution in [0.3, 0.4) is 0 Å². The second-order valence-corrected chi connectivity index (χ2v) is 5.95. The summed E-state index contributed by atoms with van der Waals surface area (Å²) in [6.07, 6.45) is 1.71. The highest BCUT2D eigenvalue weighted by atomic mass is 79.9. The third kappa shape index (κ3) is 3.35. The van der Waals surface area contributed by atoms with E-state index in [1.807, 2.05) is 31.2 Å². The maximum Gasteiger partial charge on any atom is 0.363 e. The fourth-order valence-corrected chi connectivity index (χ4v) is 2.67. The van der Waals surface area contributed by atoms with Crippen molar-refractivity contribution in [3.05, 3.63) is 69.3 Å². The van der Waals surface area contributed by atoms with E-state index in [4.69, 9.17) is 9.47 Å². The van der Waals surface area contributed by atoms with Crippen LogP contribution < -0.4 is 4.74 Å². The molecular weight excluding hydrogens is 358 g/mol. The van der Waals surface area contributed by atoms with Gasteiger partial charge in [-0.05, 0) is 52.7 Å². The largest absolute Gasteiger partial charge is 0.497 e. The maximum absolute atomic E-state index is 12.0. The van der Waals surface area contributed by atoms with Gasteiger partial charge < -0.3 is 9.47 Å². The molecule has 0 spiro atoms. The standard InChI is InChI=1S/C18H14BrNO3/c1-11-3-5-12(6-4-11)9-16-18(21)23-17(20-16)14-8-7-13(22-2)10-15(14)19/h3-10H,1-2H3/b16-9-. The average Bonchev–Trinajstić information content (AvgIpc) is 2.90. The molecule has 2 aromatic rings. The molecule has 0 saturated carbocycles. The lowest BCUT2D eigenvalue weighted by Crippen LogP contribution is -2.06. The van der Waals surface area contributed by atoms with Crippen LogP contribution in [0.15, 0.2) is 57.6 Å². The van der Waals surface area contributed by atoms with Gasteiger partial charge in [-0.3, -0.25) is 0 Å². The Morgan fingerprint density at radius 3 is 2.57 bits per heavy atom. The van der Waals surface area contributed by atoms with E-state index in [0.717, 1.165) is 15.6 Å². The van der Waals surface area contributed by atoms with Gasteiger partial charge in [0.15, 0.2) is 5.70 Å². The number of hydrogen-bond acceptors (Lipinski definition) is 4. The van der Waals surface area contributed by atoms with Crippen molar-refractivity contribution < 1.29 is 14.3 Å². The first-order valence-electron chi connectivity index (χ1n) is 7.00. The fraction of sp³-hybridized carbons (Fsp3) is 0.111. The van der Waals surface area contributed by atoms with Crippen LogP contribution in [0.1, 0.15) is 16.7 Å². The lowest BCUT2D eigenvalue weighted by Gasteiger charge is -2.05. The lowest BCUT2D eigenvalue weighted by molar-refractivity contribution is -0.129. The Morgan fingerprint density at radius 1 is 1.17 bits per heavy atom. The van der Waals surface area contributed by atoms with Gasteiger partial charge in [0.2, 0.25) is 5.90 Å². The predicted octanol–water partition coefficient (Wildman–Crippen LogP) is 4.11. The van der Waals surface area contributed by atoms with E-state index >= 15 is 0 Å². The molecule has 0 atom stereocenters. The zero-order valence-corrected chi connectivity index (χ0v) is 14.3. The van der Waals surface area contributed by atoms with Crippen molar-refractivity contribution in [2.75, 3.05) is 7.11 Å². The van der Waals surface area contributed by atoms with Gasteiger partial charge in [-0.1, -0.05) is 29.8 Å². The minimum absolute atomic E-state index is 0.280. The molecule has 0 amide bonds. The zero-order valence-electron chi connectivity index (χ0n) is 12.7. The summed E-state index contributed by atoms with van der Waals surface area (Å²) in [6.45, 7) is 2.01.